The van der Waals surface area contributed by atoms with Gasteiger partial charge in [0.15, 0.2) is 0 Å². The second-order valence-corrected chi connectivity index (χ2v) is 6.77. The first kappa shape index (κ1) is 13.3. The number of allylic oxidation sites excluding steroid dienone is 2. The molecule has 0 atom stereocenters. The fourth-order valence-corrected chi connectivity index (χ4v) is 6.56. The van der Waals surface area contributed by atoms with Crippen molar-refractivity contribution in [3.8, 4) is 0 Å². The summed E-state index contributed by atoms with van der Waals surface area (Å²) in [6.07, 6.45) is 0. The van der Waals surface area contributed by atoms with Gasteiger partial charge >= 0.3 is 23.9 Å². The van der Waals surface area contributed by atoms with Gasteiger partial charge in [-0.2, -0.15) is 0 Å². The molecule has 0 aromatic rings. The molecule has 8 nitrogen and oxygen atoms in total. The van der Waals surface area contributed by atoms with Crippen LogP contribution in [0.2, 0.25) is 0 Å². The van der Waals surface area contributed by atoms with E-state index in [1.54, 1.807) is 13.8 Å². The molecule has 0 aromatic carbocycles. The van der Waals surface area contributed by atoms with Crippen molar-refractivity contribution in [2.45, 2.75) is 13.8 Å². The molecule has 5 rings (SSSR count). The average molecular weight is 308 g/mol. The summed E-state index contributed by atoms with van der Waals surface area (Å²) in [4.78, 5) is 47.3. The van der Waals surface area contributed by atoms with Gasteiger partial charge in [-0.15, -0.1) is 0 Å². The zero-order valence-electron chi connectivity index (χ0n) is 11.6. The molecule has 4 N–H and O–H groups in total. The second kappa shape index (κ2) is 2.78. The molecular formula is C14H12O8. The van der Waals surface area contributed by atoms with E-state index in [1.165, 1.54) is 0 Å². The molecule has 0 aliphatic heterocycles. The Bertz CT molecular complexity index is 650. The van der Waals surface area contributed by atoms with Crippen LogP contribution in [0.15, 0.2) is 11.1 Å². The molecule has 5 fully saturated rings. The highest BCUT2D eigenvalue weighted by Gasteiger charge is 3.28. The van der Waals surface area contributed by atoms with Gasteiger partial charge in [-0.1, -0.05) is 11.1 Å². The number of carboxylic acid groups (broad SMARTS) is 4. The lowest BCUT2D eigenvalue weighted by Gasteiger charge is -2.40. The second-order valence-electron chi connectivity index (χ2n) is 6.77. The molecule has 5 aliphatic rings. The van der Waals surface area contributed by atoms with Crippen LogP contribution in [0.3, 0.4) is 0 Å². The van der Waals surface area contributed by atoms with Gasteiger partial charge in [-0.3, -0.25) is 19.2 Å². The lowest BCUT2D eigenvalue weighted by molar-refractivity contribution is -0.191. The van der Waals surface area contributed by atoms with Gasteiger partial charge < -0.3 is 20.4 Å². The Balaban J connectivity index is 2.14. The third-order valence-corrected chi connectivity index (χ3v) is 6.60. The minimum Gasteiger partial charge on any atom is -0.481 e. The predicted octanol–water partition coefficient (Wildman–Crippen LogP) is -0.106. The third kappa shape index (κ3) is 0.606. The SMILES string of the molecule is CC(C)=C1C2C3(C(=O)O)C2(C(=O)O)C2(C(=O)O)C1C32C(=O)O. The molecule has 0 aromatic heterocycles. The summed E-state index contributed by atoms with van der Waals surface area (Å²) in [6, 6.07) is 0. The minimum atomic E-state index is -2.03. The van der Waals surface area contributed by atoms with Crippen molar-refractivity contribution in [3.05, 3.63) is 11.1 Å². The van der Waals surface area contributed by atoms with Crippen molar-refractivity contribution in [1.82, 2.24) is 0 Å². The van der Waals surface area contributed by atoms with E-state index in [1.807, 2.05) is 0 Å². The van der Waals surface area contributed by atoms with E-state index in [4.69, 9.17) is 0 Å². The van der Waals surface area contributed by atoms with Gasteiger partial charge in [-0.05, 0) is 13.8 Å². The topological polar surface area (TPSA) is 149 Å². The van der Waals surface area contributed by atoms with Crippen molar-refractivity contribution in [2.24, 2.45) is 33.5 Å². The maximum absolute atomic E-state index is 11.8. The first-order valence-electron chi connectivity index (χ1n) is 6.69. The predicted molar refractivity (Wildman–Crippen MR) is 65.6 cm³/mol. The van der Waals surface area contributed by atoms with Gasteiger partial charge in [0.05, 0.1) is 0 Å². The Morgan fingerprint density at radius 3 is 1.05 bits per heavy atom. The molecule has 0 heterocycles. The summed E-state index contributed by atoms with van der Waals surface area (Å²) in [6.45, 7) is 3.25. The highest BCUT2D eigenvalue weighted by atomic mass is 16.4. The lowest BCUT2D eigenvalue weighted by atomic mass is 9.56. The number of hydrogen-bond donors (Lipinski definition) is 4. The monoisotopic (exact) mass is 308 g/mol. The molecular weight excluding hydrogens is 296 g/mol. The summed E-state index contributed by atoms with van der Waals surface area (Å²) in [7, 11) is 0. The zero-order valence-corrected chi connectivity index (χ0v) is 11.6. The first-order valence-corrected chi connectivity index (χ1v) is 6.69. The van der Waals surface area contributed by atoms with Crippen LogP contribution >= 0.6 is 0 Å². The molecule has 0 radical (unpaired) electrons. The van der Waals surface area contributed by atoms with Crippen LogP contribution in [-0.2, 0) is 19.2 Å². The van der Waals surface area contributed by atoms with Gasteiger partial charge in [-0.25, -0.2) is 0 Å². The summed E-state index contributed by atoms with van der Waals surface area (Å²) >= 11 is 0. The minimum absolute atomic E-state index is 0.398. The van der Waals surface area contributed by atoms with Crippen molar-refractivity contribution >= 4 is 23.9 Å². The highest BCUT2D eigenvalue weighted by Crippen LogP contribution is 3.16. The fourth-order valence-electron chi connectivity index (χ4n) is 6.56. The van der Waals surface area contributed by atoms with E-state index >= 15 is 0 Å². The summed E-state index contributed by atoms with van der Waals surface area (Å²) < 4.78 is 0. The van der Waals surface area contributed by atoms with Crippen LogP contribution in [0.25, 0.3) is 0 Å². The van der Waals surface area contributed by atoms with E-state index in [0.717, 1.165) is 0 Å². The third-order valence-electron chi connectivity index (χ3n) is 6.60. The largest absolute Gasteiger partial charge is 0.481 e. The molecule has 0 unspecified atom stereocenters. The quantitative estimate of drug-likeness (QED) is 0.526. The number of aliphatic carboxylic acids is 4. The van der Waals surface area contributed by atoms with Crippen molar-refractivity contribution in [3.63, 3.8) is 0 Å². The molecule has 2 bridgehead atoms. The van der Waals surface area contributed by atoms with E-state index in [9.17, 15) is 39.6 Å². The molecule has 22 heavy (non-hydrogen) atoms. The Morgan fingerprint density at radius 2 is 0.909 bits per heavy atom. The van der Waals surface area contributed by atoms with Crippen molar-refractivity contribution in [2.75, 3.05) is 0 Å². The molecule has 5 saturated carbocycles. The van der Waals surface area contributed by atoms with E-state index in [0.29, 0.717) is 11.1 Å². The summed E-state index contributed by atoms with van der Waals surface area (Å²) in [5.41, 5.74) is -7.14. The van der Waals surface area contributed by atoms with Crippen LogP contribution in [0.4, 0.5) is 0 Å². The van der Waals surface area contributed by atoms with Gasteiger partial charge in [0.25, 0.3) is 0 Å². The van der Waals surface area contributed by atoms with Crippen molar-refractivity contribution < 1.29 is 39.6 Å². The smallest absolute Gasteiger partial charge is 0.312 e. The van der Waals surface area contributed by atoms with Crippen molar-refractivity contribution in [1.29, 1.82) is 0 Å². The van der Waals surface area contributed by atoms with Crippen LogP contribution < -0.4 is 0 Å². The molecule has 8 heteroatoms. The van der Waals surface area contributed by atoms with E-state index < -0.39 is 57.4 Å². The van der Waals surface area contributed by atoms with Crippen LogP contribution in [0.5, 0.6) is 0 Å². The van der Waals surface area contributed by atoms with Crippen LogP contribution in [0.1, 0.15) is 13.8 Å². The fraction of sp³-hybridized carbons (Fsp3) is 0.571. The number of rotatable bonds is 4. The number of hydrogen-bond acceptors (Lipinski definition) is 4. The molecule has 5 aliphatic carbocycles. The molecule has 0 spiro atoms. The lowest BCUT2D eigenvalue weighted by Crippen LogP contribution is -2.59. The normalized spacial score (nSPS) is 51.5. The van der Waals surface area contributed by atoms with Gasteiger partial charge in [0.2, 0.25) is 0 Å². The molecule has 0 saturated heterocycles. The molecule has 0 amide bonds. The Morgan fingerprint density at radius 1 is 0.682 bits per heavy atom. The number of carbonyl (C=O) groups is 4. The Kier molecular flexibility index (Phi) is 1.68. The standard InChI is InChI=1S/C14H12O8/c1-3(2)4-5-11(7(15)16)12(5,8(17)18)14(10(21)22)6(4)13(11,14)9(19)20/h5-6H,1-2H3,(H,15,16)(H,17,18)(H,19,20)(H,21,22). The van der Waals surface area contributed by atoms with Crippen LogP contribution in [0, 0.1) is 33.5 Å². The van der Waals surface area contributed by atoms with E-state index in [2.05, 4.69) is 0 Å². The Hall–Kier alpha value is -2.38. The average Bonchev–Trinajstić information content (AvgIpc) is 3.01. The van der Waals surface area contributed by atoms with Gasteiger partial charge in [0, 0.05) is 11.8 Å². The van der Waals surface area contributed by atoms with Gasteiger partial charge in [0.1, 0.15) is 21.7 Å². The Labute approximate surface area is 123 Å². The maximum Gasteiger partial charge on any atom is 0.312 e. The zero-order chi connectivity index (χ0) is 16.6. The molecule has 116 valence electrons. The number of carboxylic acids is 4. The van der Waals surface area contributed by atoms with Crippen LogP contribution in [-0.4, -0.2) is 44.3 Å². The van der Waals surface area contributed by atoms with E-state index in [-0.39, 0.29) is 0 Å². The summed E-state index contributed by atoms with van der Waals surface area (Å²) in [5, 5.41) is 38.4. The summed E-state index contributed by atoms with van der Waals surface area (Å²) in [5.74, 6) is -8.21. The maximum atomic E-state index is 11.8. The highest BCUT2D eigenvalue weighted by molar-refractivity contribution is 6.21. The first-order chi connectivity index (χ1) is 10.1.